The normalized spacial score (nSPS) is 50.2. The fourth-order valence-corrected chi connectivity index (χ4v) is 14.3. The molecule has 2 spiro atoms. The molecular weight excluding hydrogens is 1230 g/mol. The Morgan fingerprint density at radius 3 is 1.99 bits per heavy atom. The van der Waals surface area contributed by atoms with Gasteiger partial charge < -0.3 is 141 Å². The van der Waals surface area contributed by atoms with E-state index in [0.717, 1.165) is 0 Å². The van der Waals surface area contributed by atoms with E-state index in [1.165, 1.54) is 41.9 Å². The monoisotopic (exact) mass is 1300 g/mol. The molecule has 0 radical (unpaired) electrons. The molecule has 0 saturated carbocycles. The molecule has 11 rings (SSSR count). The minimum absolute atomic E-state index is 0.00730. The highest BCUT2D eigenvalue weighted by Crippen LogP contribution is 2.53. The predicted molar refractivity (Wildman–Crippen MR) is 284 cm³/mol. The molecule has 31 nitrogen and oxygen atoms in total. The first-order valence-electron chi connectivity index (χ1n) is 29.1. The van der Waals surface area contributed by atoms with Crippen molar-refractivity contribution in [3.05, 3.63) is 21.2 Å². The number of halogens is 2. The summed E-state index contributed by atoms with van der Waals surface area (Å²) in [5, 5.41) is 100. The molecule has 33 heteroatoms. The number of fused-ring (bicyclic) bond motifs is 4. The maximum absolute atomic E-state index is 13.3. The van der Waals surface area contributed by atoms with Crippen LogP contribution in [0.2, 0.25) is 10.0 Å². The van der Waals surface area contributed by atoms with E-state index in [0.29, 0.717) is 0 Å². The molecule has 10 aliphatic heterocycles. The van der Waals surface area contributed by atoms with Crippen molar-refractivity contribution in [2.45, 2.75) is 264 Å². The Bertz CT molecular complexity index is 2650. The summed E-state index contributed by atoms with van der Waals surface area (Å²) in [4.78, 5) is 25.9. The van der Waals surface area contributed by atoms with Gasteiger partial charge in [0, 0.05) is 27.1 Å². The van der Waals surface area contributed by atoms with Gasteiger partial charge in [0.25, 0.3) is 5.97 Å². The molecular formula is C55H78Cl2O31. The number of ketones is 1. The van der Waals surface area contributed by atoms with E-state index >= 15 is 0 Å². The Kier molecular flexibility index (Phi) is 19.3. The van der Waals surface area contributed by atoms with Gasteiger partial charge in [0.05, 0.1) is 67.4 Å². The number of methoxy groups -OCH3 is 2. The lowest BCUT2D eigenvalue weighted by Gasteiger charge is -2.49. The second-order valence-electron chi connectivity index (χ2n) is 24.2. The smallest absolute Gasteiger partial charge is 0.342 e. The summed E-state index contributed by atoms with van der Waals surface area (Å²) in [5.74, 6) is -6.94. The molecule has 1 aromatic carbocycles. The molecule has 10 fully saturated rings. The third kappa shape index (κ3) is 11.6. The third-order valence-electron chi connectivity index (χ3n) is 18.4. The zero-order chi connectivity index (χ0) is 63.6. The van der Waals surface area contributed by atoms with Crippen molar-refractivity contribution in [1.82, 2.24) is 0 Å². The van der Waals surface area contributed by atoms with Gasteiger partial charge in [0.1, 0.15) is 102 Å². The first-order chi connectivity index (χ1) is 41.5. The van der Waals surface area contributed by atoms with Crippen LogP contribution in [0.4, 0.5) is 0 Å². The Hall–Kier alpha value is -2.50. The first kappa shape index (κ1) is 66.9. The van der Waals surface area contributed by atoms with Crippen LogP contribution in [0.1, 0.15) is 83.7 Å². The highest BCUT2D eigenvalue weighted by molar-refractivity contribution is 6.39. The van der Waals surface area contributed by atoms with Crippen LogP contribution in [0.5, 0.6) is 11.5 Å². The van der Waals surface area contributed by atoms with Gasteiger partial charge in [0.2, 0.25) is 0 Å². The second kappa shape index (κ2) is 25.3. The fraction of sp³-hybridized carbons (Fsp3) is 0.855. The maximum Gasteiger partial charge on any atom is 0.342 e. The van der Waals surface area contributed by atoms with E-state index < -0.39 is 229 Å². The number of phenols is 2. The topological polar surface area (TPSA) is 401 Å². The summed E-state index contributed by atoms with van der Waals surface area (Å²) >= 11 is 12.1. The van der Waals surface area contributed by atoms with Gasteiger partial charge in [0.15, 0.2) is 66.5 Å². The second-order valence-corrected chi connectivity index (χ2v) is 25.0. The average molecular weight is 1310 g/mol. The van der Waals surface area contributed by atoms with Crippen LogP contribution in [0.15, 0.2) is 0 Å². The quantitative estimate of drug-likeness (QED) is 0.0997. The van der Waals surface area contributed by atoms with Gasteiger partial charge in [-0.1, -0.05) is 23.2 Å². The highest BCUT2D eigenvalue weighted by Gasteiger charge is 2.72. The van der Waals surface area contributed by atoms with Crippen LogP contribution in [0, 0.1) is 6.92 Å². The Morgan fingerprint density at radius 2 is 1.32 bits per heavy atom. The number of benzene rings is 1. The van der Waals surface area contributed by atoms with Crippen molar-refractivity contribution in [1.29, 1.82) is 0 Å². The highest BCUT2D eigenvalue weighted by atomic mass is 35.5. The minimum Gasteiger partial charge on any atom is -0.505 e. The molecule has 0 aromatic heterocycles. The molecule has 1 unspecified atom stereocenters. The zero-order valence-corrected chi connectivity index (χ0v) is 51.1. The maximum atomic E-state index is 13.3. The summed E-state index contributed by atoms with van der Waals surface area (Å²) < 4.78 is 122. The van der Waals surface area contributed by atoms with Crippen molar-refractivity contribution < 1.29 is 150 Å². The molecule has 88 heavy (non-hydrogen) atoms. The molecule has 0 bridgehead atoms. The Balaban J connectivity index is 0.695. The Morgan fingerprint density at radius 1 is 0.636 bits per heavy atom. The van der Waals surface area contributed by atoms with Gasteiger partial charge >= 0.3 is 11.9 Å². The van der Waals surface area contributed by atoms with Gasteiger partial charge in [-0.05, 0) is 61.0 Å². The largest absolute Gasteiger partial charge is 0.505 e. The summed E-state index contributed by atoms with van der Waals surface area (Å²) in [6.45, 7) is 11.0. The van der Waals surface area contributed by atoms with Crippen molar-refractivity contribution in [2.24, 2.45) is 0 Å². The summed E-state index contributed by atoms with van der Waals surface area (Å²) in [6.07, 6.45) is -33.8. The van der Waals surface area contributed by atoms with Gasteiger partial charge in [-0.3, -0.25) is 4.79 Å². The molecule has 0 amide bonds. The summed E-state index contributed by atoms with van der Waals surface area (Å²) in [5.41, 5.74) is -3.72. The number of hydrogen-bond donors (Lipinski definition) is 9. The number of aromatic hydroxyl groups is 2. The molecule has 498 valence electrons. The molecule has 9 N–H and O–H groups in total. The number of Topliss-reactive ketones (excluding diaryl/α,β-unsaturated/α-hetero) is 1. The molecule has 31 atom stereocenters. The third-order valence-corrected chi connectivity index (χ3v) is 19.2. The number of aliphatic hydroxyl groups is 7. The number of esters is 1. The van der Waals surface area contributed by atoms with Gasteiger partial charge in [-0.2, -0.15) is 0 Å². The van der Waals surface area contributed by atoms with E-state index in [1.54, 1.807) is 27.7 Å². The van der Waals surface area contributed by atoms with Gasteiger partial charge in [-0.25, -0.2) is 4.79 Å². The van der Waals surface area contributed by atoms with Crippen molar-refractivity contribution in [3.8, 4) is 11.5 Å². The standard InChI is InChI=1S/C55H78Cl2O31/c1-17-30(33(62)32(57)34(63)31(17)56)48(67)80-38-18(2)74-28(11-24(38)60)78-39-20(4)83-53(12-25(39)61)87-45-21(5)75-29(13-52(45,8)88-53)79-43-37(66)50(76-19(3)40(43)69-9)81-41-26(14-58)77-51(44(70-10)35(41)64)82-49-36(65)42-27(15-71-49)85-55(86-42)47-46(72-16-73-47)54(68,22(6)59)23(7)84-55/h18-21,23-29,35-47,49-51,58,60-66,68H,11-16H2,1-10H3/t18-,19-,20-,21-,23-,24-,25-,26-,27+,28+,29+,35+,36-,37-,38-,39-,40+,41-,42-,43-,44+,45-,46-,47-,49-,50+,51+,52-,53?,54+,55-/m1/s1. The zero-order valence-electron chi connectivity index (χ0n) is 49.6. The van der Waals surface area contributed by atoms with E-state index in [1.807, 2.05) is 0 Å². The molecule has 10 aliphatic rings. The lowest BCUT2D eigenvalue weighted by atomic mass is 9.81. The van der Waals surface area contributed by atoms with Crippen LogP contribution in [0.25, 0.3) is 0 Å². The van der Waals surface area contributed by atoms with Crippen LogP contribution in [-0.4, -0.2) is 281 Å². The minimum atomic E-state index is -2.10. The van der Waals surface area contributed by atoms with Crippen LogP contribution < -0.4 is 0 Å². The Labute approximate surface area is 514 Å². The van der Waals surface area contributed by atoms with Gasteiger partial charge in [-0.15, -0.1) is 0 Å². The van der Waals surface area contributed by atoms with Crippen LogP contribution in [-0.2, 0) is 99.5 Å². The summed E-state index contributed by atoms with van der Waals surface area (Å²) in [6, 6.07) is 0. The average Bonchev–Trinajstić information content (AvgIpc) is 1.54. The lowest BCUT2D eigenvalue weighted by molar-refractivity contribution is -0.428. The van der Waals surface area contributed by atoms with Crippen molar-refractivity contribution in [3.63, 3.8) is 0 Å². The van der Waals surface area contributed by atoms with Crippen LogP contribution >= 0.6 is 23.2 Å². The number of carbonyl (C=O) groups excluding carboxylic acids is 2. The number of aliphatic hydroxyl groups excluding tert-OH is 6. The van der Waals surface area contributed by atoms with Crippen molar-refractivity contribution >= 4 is 35.0 Å². The van der Waals surface area contributed by atoms with Crippen molar-refractivity contribution in [2.75, 3.05) is 34.2 Å². The molecule has 1 aromatic rings. The molecule has 10 saturated heterocycles. The van der Waals surface area contributed by atoms with E-state index in [-0.39, 0.29) is 43.2 Å². The molecule has 10 heterocycles. The fourth-order valence-electron chi connectivity index (χ4n) is 13.9. The molecule has 0 aliphatic carbocycles. The summed E-state index contributed by atoms with van der Waals surface area (Å²) in [7, 11) is 2.65. The lowest BCUT2D eigenvalue weighted by Crippen LogP contribution is -2.72. The number of ether oxygens (including phenoxy) is 20. The number of phenolic OH excluding ortho intramolecular Hbond substituents is 2. The SMILES string of the molecule is CO[C@@H]1[C@H](O[C@H]2OC[C@@H]3O[C@]4(O[C@H]3[C@H]2O)O[C@H](C)[C@@](O)(C(C)=O)[C@@H]2OCO[C@H]24)O[C@H](CO)[C@@H](O[C@@H]2O[C@H](C)[C@H](OC)[C@H](O[C@H]3C[C@@]4(C)OC5(C[C@@H](O)[C@H](O[C@H]6C[C@@H](O)[C@H](OC(=O)c7c(C)c(Cl)c(O)c(Cl)c7O)[C@@H](C)O6)[C@@H](C)O5)O[C@@H]4[C@@H](C)O3)[C@H]2O)[C@@H]1O. The number of hydrogen-bond acceptors (Lipinski definition) is 31. The predicted octanol–water partition coefficient (Wildman–Crippen LogP) is -1.11. The van der Waals surface area contributed by atoms with E-state index in [4.69, 9.17) is 118 Å². The number of carbonyl (C=O) groups is 2. The first-order valence-corrected chi connectivity index (χ1v) is 29.9. The van der Waals surface area contributed by atoms with E-state index in [9.17, 15) is 55.5 Å². The van der Waals surface area contributed by atoms with E-state index in [2.05, 4.69) is 0 Å². The number of rotatable bonds is 14. The van der Waals surface area contributed by atoms with Crippen LogP contribution in [0.3, 0.4) is 0 Å².